The van der Waals surface area contributed by atoms with Crippen molar-refractivity contribution in [1.29, 1.82) is 0 Å². The molecule has 1 aliphatic heterocycles. The summed E-state index contributed by atoms with van der Waals surface area (Å²) < 4.78 is 0. The summed E-state index contributed by atoms with van der Waals surface area (Å²) in [4.78, 5) is 14.0. The Bertz CT molecular complexity index is 656. The van der Waals surface area contributed by atoms with E-state index in [9.17, 15) is 4.79 Å². The molecule has 2 N–H and O–H groups in total. The van der Waals surface area contributed by atoms with Crippen LogP contribution in [0, 0.1) is 0 Å². The first-order valence-electron chi connectivity index (χ1n) is 5.99. The monoisotopic (exact) mass is 289 g/mol. The van der Waals surface area contributed by atoms with Crippen molar-refractivity contribution in [2.75, 3.05) is 0 Å². The van der Waals surface area contributed by atoms with Crippen LogP contribution in [0.15, 0.2) is 52.3 Å². The number of hydrogen-bond acceptors (Lipinski definition) is 2. The van der Waals surface area contributed by atoms with Crippen molar-refractivity contribution < 1.29 is 4.79 Å². The first-order chi connectivity index (χ1) is 9.15. The summed E-state index contributed by atoms with van der Waals surface area (Å²) in [5.41, 5.74) is 7.65. The van der Waals surface area contributed by atoms with Crippen LogP contribution in [0.5, 0.6) is 0 Å². The number of nitrogens with two attached hydrogens (primary N) is 1. The van der Waals surface area contributed by atoms with E-state index in [0.717, 1.165) is 20.9 Å². The lowest BCUT2D eigenvalue weighted by Gasteiger charge is -2.13. The van der Waals surface area contributed by atoms with Gasteiger partial charge in [-0.15, -0.1) is 0 Å². The molecule has 0 saturated heterocycles. The van der Waals surface area contributed by atoms with Crippen LogP contribution < -0.4 is 5.73 Å². The third kappa shape index (κ3) is 2.36. The summed E-state index contributed by atoms with van der Waals surface area (Å²) in [5.74, 6) is -0.579. The van der Waals surface area contributed by atoms with Crippen LogP contribution in [-0.4, -0.2) is 5.91 Å². The molecule has 0 aliphatic carbocycles. The number of carbonyl (C=O) groups is 1. The third-order valence-electron chi connectivity index (χ3n) is 3.30. The van der Waals surface area contributed by atoms with Crippen molar-refractivity contribution >= 4 is 29.3 Å². The number of amides is 1. The van der Waals surface area contributed by atoms with Crippen molar-refractivity contribution in [3.8, 4) is 0 Å². The van der Waals surface area contributed by atoms with Crippen LogP contribution in [0.4, 0.5) is 0 Å². The molecular formula is C15H12ClNOS. The van der Waals surface area contributed by atoms with Crippen molar-refractivity contribution in [2.24, 2.45) is 5.73 Å². The molecule has 0 radical (unpaired) electrons. The van der Waals surface area contributed by atoms with Gasteiger partial charge in [0, 0.05) is 14.8 Å². The Hall–Kier alpha value is -1.45. The van der Waals surface area contributed by atoms with Gasteiger partial charge in [0.15, 0.2) is 0 Å². The van der Waals surface area contributed by atoms with Gasteiger partial charge < -0.3 is 5.73 Å². The number of fused-ring (bicyclic) bond motifs is 2. The lowest BCUT2D eigenvalue weighted by atomic mass is 9.91. The quantitative estimate of drug-likeness (QED) is 0.871. The molecule has 2 nitrogen and oxygen atoms in total. The minimum absolute atomic E-state index is 0.289. The van der Waals surface area contributed by atoms with Gasteiger partial charge in [0.1, 0.15) is 0 Å². The highest BCUT2D eigenvalue weighted by Gasteiger charge is 2.26. The summed E-state index contributed by atoms with van der Waals surface area (Å²) in [6, 6.07) is 13.7. The Morgan fingerprint density at radius 3 is 2.79 bits per heavy atom. The Kier molecular flexibility index (Phi) is 3.25. The highest BCUT2D eigenvalue weighted by molar-refractivity contribution is 7.99. The minimum atomic E-state index is -0.291. The van der Waals surface area contributed by atoms with E-state index in [2.05, 4.69) is 0 Å². The average molecular weight is 290 g/mol. The second-order valence-electron chi connectivity index (χ2n) is 4.55. The molecule has 1 atom stereocenters. The molecule has 0 aromatic heterocycles. The summed E-state index contributed by atoms with van der Waals surface area (Å²) >= 11 is 7.71. The highest BCUT2D eigenvalue weighted by atomic mass is 35.5. The SMILES string of the molecule is NC(=O)[C@H]1Cc2cc(Cl)ccc2Sc2ccccc21. The van der Waals surface area contributed by atoms with Crippen LogP contribution in [0.3, 0.4) is 0 Å². The summed E-state index contributed by atoms with van der Waals surface area (Å²) in [7, 11) is 0. The fourth-order valence-corrected chi connectivity index (χ4v) is 3.69. The molecule has 96 valence electrons. The second kappa shape index (κ2) is 4.91. The Morgan fingerprint density at radius 1 is 1.21 bits per heavy atom. The fourth-order valence-electron chi connectivity index (χ4n) is 2.37. The number of benzene rings is 2. The largest absolute Gasteiger partial charge is 0.369 e. The normalized spacial score (nSPS) is 17.2. The zero-order valence-corrected chi connectivity index (χ0v) is 11.7. The van der Waals surface area contributed by atoms with Crippen molar-refractivity contribution in [3.05, 3.63) is 58.6 Å². The maximum absolute atomic E-state index is 11.7. The smallest absolute Gasteiger partial charge is 0.225 e. The second-order valence-corrected chi connectivity index (χ2v) is 6.07. The van der Waals surface area contributed by atoms with E-state index in [-0.39, 0.29) is 11.8 Å². The molecule has 0 saturated carbocycles. The average Bonchev–Trinajstić information content (AvgIpc) is 2.55. The van der Waals surface area contributed by atoms with Crippen molar-refractivity contribution in [1.82, 2.24) is 0 Å². The number of rotatable bonds is 1. The highest BCUT2D eigenvalue weighted by Crippen LogP contribution is 2.42. The van der Waals surface area contributed by atoms with Gasteiger partial charge in [-0.05, 0) is 41.8 Å². The summed E-state index contributed by atoms with van der Waals surface area (Å²) in [5, 5.41) is 0.688. The number of hydrogen-bond donors (Lipinski definition) is 1. The molecular weight excluding hydrogens is 278 g/mol. The van der Waals surface area contributed by atoms with Crippen LogP contribution in [0.25, 0.3) is 0 Å². The Balaban J connectivity index is 2.17. The predicted octanol–water partition coefficient (Wildman–Crippen LogP) is 3.62. The number of halogens is 1. The fraction of sp³-hybridized carbons (Fsp3) is 0.133. The molecule has 19 heavy (non-hydrogen) atoms. The minimum Gasteiger partial charge on any atom is -0.369 e. The van der Waals surface area contributed by atoms with E-state index >= 15 is 0 Å². The zero-order valence-electron chi connectivity index (χ0n) is 10.1. The van der Waals surface area contributed by atoms with Gasteiger partial charge in [0.25, 0.3) is 0 Å². The zero-order chi connectivity index (χ0) is 13.4. The van der Waals surface area contributed by atoms with E-state index in [1.165, 1.54) is 0 Å². The van der Waals surface area contributed by atoms with Gasteiger partial charge in [-0.3, -0.25) is 4.79 Å². The molecule has 0 fully saturated rings. The van der Waals surface area contributed by atoms with Crippen LogP contribution in [0.2, 0.25) is 5.02 Å². The third-order valence-corrected chi connectivity index (χ3v) is 4.75. The van der Waals surface area contributed by atoms with Gasteiger partial charge in [-0.25, -0.2) is 0 Å². The van der Waals surface area contributed by atoms with Gasteiger partial charge >= 0.3 is 0 Å². The van der Waals surface area contributed by atoms with E-state index < -0.39 is 0 Å². The van der Waals surface area contributed by atoms with Crippen molar-refractivity contribution in [3.63, 3.8) is 0 Å². The molecule has 1 aliphatic rings. The van der Waals surface area contributed by atoms with E-state index in [1.807, 2.05) is 42.5 Å². The molecule has 2 aromatic rings. The van der Waals surface area contributed by atoms with Crippen LogP contribution >= 0.6 is 23.4 Å². The van der Waals surface area contributed by atoms with Gasteiger partial charge in [-0.2, -0.15) is 0 Å². The van der Waals surface area contributed by atoms with Crippen molar-refractivity contribution in [2.45, 2.75) is 22.1 Å². The molecule has 0 unspecified atom stereocenters. The summed E-state index contributed by atoms with van der Waals surface area (Å²) in [6.07, 6.45) is 0.606. The molecule has 2 aromatic carbocycles. The molecule has 1 amide bonds. The molecule has 0 spiro atoms. The van der Waals surface area contributed by atoms with Gasteiger partial charge in [0.05, 0.1) is 5.92 Å². The van der Waals surface area contributed by atoms with E-state index in [1.54, 1.807) is 11.8 Å². The Morgan fingerprint density at radius 2 is 2.00 bits per heavy atom. The molecule has 1 heterocycles. The summed E-state index contributed by atoms with van der Waals surface area (Å²) in [6.45, 7) is 0. The van der Waals surface area contributed by atoms with E-state index in [0.29, 0.717) is 11.4 Å². The van der Waals surface area contributed by atoms with E-state index in [4.69, 9.17) is 17.3 Å². The maximum atomic E-state index is 11.7. The lowest BCUT2D eigenvalue weighted by Crippen LogP contribution is -2.23. The first-order valence-corrected chi connectivity index (χ1v) is 7.19. The lowest BCUT2D eigenvalue weighted by molar-refractivity contribution is -0.119. The first kappa shape index (κ1) is 12.6. The standard InChI is InChI=1S/C15H12ClNOS/c16-10-5-6-13-9(7-10)8-12(15(17)18)11-3-1-2-4-14(11)19-13/h1-7,12H,8H2,(H2,17,18)/t12-/m0/s1. The number of primary amides is 1. The predicted molar refractivity (Wildman–Crippen MR) is 77.7 cm³/mol. The van der Waals surface area contributed by atoms with Crippen LogP contribution in [-0.2, 0) is 11.2 Å². The number of carbonyl (C=O) groups excluding carboxylic acids is 1. The van der Waals surface area contributed by atoms with Gasteiger partial charge in [0.2, 0.25) is 5.91 Å². The van der Waals surface area contributed by atoms with Gasteiger partial charge in [-0.1, -0.05) is 41.6 Å². The molecule has 3 rings (SSSR count). The maximum Gasteiger partial charge on any atom is 0.225 e. The van der Waals surface area contributed by atoms with Crippen LogP contribution in [0.1, 0.15) is 17.0 Å². The topological polar surface area (TPSA) is 43.1 Å². The molecule has 4 heteroatoms. The Labute approximate surface area is 121 Å². The molecule has 0 bridgehead atoms.